The fourth-order valence-electron chi connectivity index (χ4n) is 0.449. The predicted molar refractivity (Wildman–Crippen MR) is 43.4 cm³/mol. The average molecular weight is 151 g/mol. The largest absolute Gasteiger partial charge is 0.216 e. The standard InChI is InChI=1S/C9H10FN/c1-8(5-6-10)3-4-9(2)7-11/h3-6H,1-2H3/b6-5+,8-3-,9-4+. The fraction of sp³-hybridized carbons (Fsp3) is 0.222. The van der Waals surface area contributed by atoms with Gasteiger partial charge in [-0.05, 0) is 31.6 Å². The Hall–Kier alpha value is -1.36. The van der Waals surface area contributed by atoms with Crippen LogP contribution in [0, 0.1) is 11.3 Å². The summed E-state index contributed by atoms with van der Waals surface area (Å²) in [5.74, 6) is 0. The van der Waals surface area contributed by atoms with Crippen LogP contribution in [0.1, 0.15) is 13.8 Å². The van der Waals surface area contributed by atoms with Gasteiger partial charge in [0.2, 0.25) is 0 Å². The van der Waals surface area contributed by atoms with Gasteiger partial charge in [0.05, 0.1) is 12.4 Å². The SMILES string of the molecule is CC(=C/C=C(\C)C#N)/C=C/F. The van der Waals surface area contributed by atoms with Crippen LogP contribution < -0.4 is 0 Å². The van der Waals surface area contributed by atoms with Crippen molar-refractivity contribution in [2.45, 2.75) is 13.8 Å². The van der Waals surface area contributed by atoms with E-state index in [1.54, 1.807) is 26.0 Å². The highest BCUT2D eigenvalue weighted by molar-refractivity contribution is 5.28. The van der Waals surface area contributed by atoms with Crippen molar-refractivity contribution < 1.29 is 4.39 Å². The van der Waals surface area contributed by atoms with Gasteiger partial charge in [0, 0.05) is 5.57 Å². The van der Waals surface area contributed by atoms with Crippen molar-refractivity contribution >= 4 is 0 Å². The van der Waals surface area contributed by atoms with Crippen LogP contribution >= 0.6 is 0 Å². The van der Waals surface area contributed by atoms with E-state index in [2.05, 4.69) is 0 Å². The van der Waals surface area contributed by atoms with Gasteiger partial charge in [-0.1, -0.05) is 6.08 Å². The number of nitrogens with zero attached hydrogens (tertiary/aromatic N) is 1. The molecule has 0 aromatic heterocycles. The van der Waals surface area contributed by atoms with Crippen LogP contribution in [-0.4, -0.2) is 0 Å². The maximum atomic E-state index is 11.5. The smallest absolute Gasteiger partial charge is 0.0944 e. The van der Waals surface area contributed by atoms with Crippen molar-refractivity contribution in [3.8, 4) is 6.07 Å². The first-order valence-corrected chi connectivity index (χ1v) is 3.22. The average Bonchev–Trinajstić information content (AvgIpc) is 2.01. The zero-order chi connectivity index (χ0) is 8.69. The van der Waals surface area contributed by atoms with E-state index < -0.39 is 0 Å². The molecule has 0 aromatic carbocycles. The minimum absolute atomic E-state index is 0.474. The molecule has 0 aromatic rings. The molecule has 0 amide bonds. The lowest BCUT2D eigenvalue weighted by atomic mass is 10.2. The minimum atomic E-state index is 0.474. The molecule has 0 unspecified atom stereocenters. The topological polar surface area (TPSA) is 23.8 Å². The third kappa shape index (κ3) is 5.10. The second-order valence-electron chi connectivity index (χ2n) is 2.16. The molecule has 0 atom stereocenters. The van der Waals surface area contributed by atoms with Gasteiger partial charge < -0.3 is 0 Å². The van der Waals surface area contributed by atoms with Gasteiger partial charge in [0.1, 0.15) is 0 Å². The van der Waals surface area contributed by atoms with Gasteiger partial charge in [0.15, 0.2) is 0 Å². The summed E-state index contributed by atoms with van der Waals surface area (Å²) in [4.78, 5) is 0. The lowest BCUT2D eigenvalue weighted by Crippen LogP contribution is -1.67. The lowest BCUT2D eigenvalue weighted by Gasteiger charge is -1.85. The van der Waals surface area contributed by atoms with Crippen molar-refractivity contribution in [1.82, 2.24) is 0 Å². The van der Waals surface area contributed by atoms with Gasteiger partial charge in [-0.2, -0.15) is 5.26 Å². The van der Waals surface area contributed by atoms with Gasteiger partial charge in [-0.3, -0.25) is 0 Å². The Morgan fingerprint density at radius 3 is 2.45 bits per heavy atom. The summed E-state index contributed by atoms with van der Waals surface area (Å²) in [5, 5.41) is 8.34. The summed E-state index contributed by atoms with van der Waals surface area (Å²) in [6.07, 6.45) is 5.15. The van der Waals surface area contributed by atoms with Gasteiger partial charge >= 0.3 is 0 Å². The van der Waals surface area contributed by atoms with Crippen LogP contribution in [-0.2, 0) is 0 Å². The Kier molecular flexibility index (Phi) is 4.76. The van der Waals surface area contributed by atoms with Gasteiger partial charge in [0.25, 0.3) is 0 Å². The molecule has 0 saturated carbocycles. The van der Waals surface area contributed by atoms with Crippen LogP contribution in [0.4, 0.5) is 4.39 Å². The molecule has 0 aliphatic carbocycles. The number of nitriles is 1. The number of halogens is 1. The molecule has 0 heterocycles. The molecule has 0 N–H and O–H groups in total. The molecule has 0 aliphatic heterocycles. The monoisotopic (exact) mass is 151 g/mol. The van der Waals surface area contributed by atoms with E-state index >= 15 is 0 Å². The second-order valence-corrected chi connectivity index (χ2v) is 2.16. The Bertz CT molecular complexity index is 241. The molecule has 0 aliphatic rings. The second kappa shape index (κ2) is 5.43. The van der Waals surface area contributed by atoms with E-state index in [0.717, 1.165) is 5.57 Å². The summed E-state index contributed by atoms with van der Waals surface area (Å²) in [6.45, 7) is 3.46. The first-order valence-electron chi connectivity index (χ1n) is 3.22. The van der Waals surface area contributed by atoms with Crippen molar-refractivity contribution in [3.63, 3.8) is 0 Å². The van der Waals surface area contributed by atoms with E-state index in [0.29, 0.717) is 11.9 Å². The highest BCUT2D eigenvalue weighted by Gasteiger charge is 1.81. The zero-order valence-electron chi connectivity index (χ0n) is 6.63. The first kappa shape index (κ1) is 9.64. The number of hydrogen-bond acceptors (Lipinski definition) is 1. The van der Waals surface area contributed by atoms with E-state index in [1.807, 2.05) is 6.07 Å². The predicted octanol–water partition coefficient (Wildman–Crippen LogP) is 2.89. The maximum absolute atomic E-state index is 11.5. The third-order valence-corrected chi connectivity index (χ3v) is 1.10. The zero-order valence-corrected chi connectivity index (χ0v) is 6.63. The summed E-state index contributed by atoms with van der Waals surface area (Å²) < 4.78 is 11.5. The molecule has 11 heavy (non-hydrogen) atoms. The number of rotatable bonds is 2. The Morgan fingerprint density at radius 1 is 1.36 bits per heavy atom. The van der Waals surface area contributed by atoms with E-state index in [9.17, 15) is 4.39 Å². The molecule has 0 fully saturated rings. The summed E-state index contributed by atoms with van der Waals surface area (Å²) in [7, 11) is 0. The Morgan fingerprint density at radius 2 is 2.00 bits per heavy atom. The van der Waals surface area contributed by atoms with Crippen molar-refractivity contribution in [3.05, 3.63) is 35.7 Å². The molecule has 1 nitrogen and oxygen atoms in total. The van der Waals surface area contributed by atoms with E-state index in [4.69, 9.17) is 5.26 Å². The molecule has 58 valence electrons. The van der Waals surface area contributed by atoms with Crippen LogP contribution in [0.3, 0.4) is 0 Å². The third-order valence-electron chi connectivity index (χ3n) is 1.10. The molecule has 0 spiro atoms. The molecule has 0 bridgehead atoms. The normalized spacial score (nSPS) is 13.6. The molecule has 0 saturated heterocycles. The van der Waals surface area contributed by atoms with Crippen molar-refractivity contribution in [2.24, 2.45) is 0 Å². The first-order chi connectivity index (χ1) is 5.20. The molecule has 2 heteroatoms. The summed E-state index contributed by atoms with van der Waals surface area (Å²) >= 11 is 0. The highest BCUT2D eigenvalue weighted by Crippen LogP contribution is 1.98. The molecular weight excluding hydrogens is 141 g/mol. The Labute approximate surface area is 66.1 Å². The van der Waals surface area contributed by atoms with Crippen molar-refractivity contribution in [1.29, 1.82) is 5.26 Å². The number of allylic oxidation sites excluding steroid dienone is 5. The molecule has 0 radical (unpaired) electrons. The summed E-state index contributed by atoms with van der Waals surface area (Å²) in [6, 6.07) is 1.96. The van der Waals surface area contributed by atoms with Crippen molar-refractivity contribution in [2.75, 3.05) is 0 Å². The van der Waals surface area contributed by atoms with Gasteiger partial charge in [-0.25, -0.2) is 4.39 Å². The van der Waals surface area contributed by atoms with Crippen LogP contribution in [0.15, 0.2) is 35.7 Å². The van der Waals surface area contributed by atoms with Crippen LogP contribution in [0.5, 0.6) is 0 Å². The maximum Gasteiger partial charge on any atom is 0.0944 e. The van der Waals surface area contributed by atoms with Gasteiger partial charge in [-0.15, -0.1) is 0 Å². The van der Waals surface area contributed by atoms with E-state index in [-0.39, 0.29) is 0 Å². The van der Waals surface area contributed by atoms with E-state index in [1.165, 1.54) is 6.08 Å². The van der Waals surface area contributed by atoms with Crippen LogP contribution in [0.25, 0.3) is 0 Å². The quantitative estimate of drug-likeness (QED) is 0.439. The molecule has 0 rings (SSSR count). The van der Waals surface area contributed by atoms with Crippen LogP contribution in [0.2, 0.25) is 0 Å². The lowest BCUT2D eigenvalue weighted by molar-refractivity contribution is 0.720. The fourth-order valence-corrected chi connectivity index (χ4v) is 0.449. The Balaban J connectivity index is 4.25. The highest BCUT2D eigenvalue weighted by atomic mass is 19.1. The number of hydrogen-bond donors (Lipinski definition) is 0. The minimum Gasteiger partial charge on any atom is -0.216 e. The summed E-state index contributed by atoms with van der Waals surface area (Å²) in [5.41, 5.74) is 1.39. The molecular formula is C9H10FN.